The van der Waals surface area contributed by atoms with Crippen LogP contribution in [-0.4, -0.2) is 40.6 Å². The molecule has 1 atom stereocenters. The molecule has 1 saturated heterocycles. The van der Waals surface area contributed by atoms with Crippen molar-refractivity contribution in [1.82, 2.24) is 15.0 Å². The van der Waals surface area contributed by atoms with E-state index >= 15 is 0 Å². The summed E-state index contributed by atoms with van der Waals surface area (Å²) in [7, 11) is 0. The molecule has 3 aromatic rings. The Morgan fingerprint density at radius 1 is 1.28 bits per heavy atom. The number of aromatic nitrogens is 2. The van der Waals surface area contributed by atoms with Crippen LogP contribution in [0.2, 0.25) is 5.02 Å². The fourth-order valence-corrected chi connectivity index (χ4v) is 3.88. The number of benzene rings is 1. The number of hydrogen-bond acceptors (Lipinski definition) is 5. The van der Waals surface area contributed by atoms with Crippen molar-refractivity contribution in [1.29, 1.82) is 0 Å². The summed E-state index contributed by atoms with van der Waals surface area (Å²) in [6.07, 6.45) is 5.37. The third-order valence-corrected chi connectivity index (χ3v) is 5.48. The summed E-state index contributed by atoms with van der Waals surface area (Å²) in [5.41, 5.74) is 1.67. The molecule has 1 unspecified atom stereocenters. The van der Waals surface area contributed by atoms with Gasteiger partial charge in [-0.2, -0.15) is 0 Å². The van der Waals surface area contributed by atoms with Gasteiger partial charge in [-0.1, -0.05) is 35.0 Å². The van der Waals surface area contributed by atoms with Crippen molar-refractivity contribution < 1.29 is 14.1 Å². The molecule has 3 heterocycles. The first kappa shape index (κ1) is 19.5. The number of rotatable bonds is 5. The Hall–Kier alpha value is -2.86. The standard InChI is InChI=1S/C22H22ClN3O3/c1-15-20(21(25-29-15)18-6-2-3-7-19(18)23)22(27)26-12-4-5-16(13-26)14-28-17-8-10-24-11-9-17/h2-3,6-11,16H,4-5,12-14H2,1H3. The van der Waals surface area contributed by atoms with Crippen LogP contribution in [0.1, 0.15) is 29.0 Å². The SMILES string of the molecule is Cc1onc(-c2ccccc2Cl)c1C(=O)N1CCCC(COc2ccncc2)C1. The maximum absolute atomic E-state index is 13.3. The molecule has 29 heavy (non-hydrogen) atoms. The molecule has 1 amide bonds. The van der Waals surface area contributed by atoms with Gasteiger partial charge in [0.15, 0.2) is 0 Å². The molecule has 150 valence electrons. The van der Waals surface area contributed by atoms with Crippen LogP contribution in [0.5, 0.6) is 5.75 Å². The molecule has 0 saturated carbocycles. The molecule has 0 radical (unpaired) electrons. The number of hydrogen-bond donors (Lipinski definition) is 0. The van der Waals surface area contributed by atoms with E-state index in [1.807, 2.05) is 35.2 Å². The van der Waals surface area contributed by atoms with Gasteiger partial charge in [-0.15, -0.1) is 0 Å². The highest BCUT2D eigenvalue weighted by atomic mass is 35.5. The predicted octanol–water partition coefficient (Wildman–Crippen LogP) is 4.63. The van der Waals surface area contributed by atoms with Gasteiger partial charge in [-0.05, 0) is 38.0 Å². The molecule has 0 bridgehead atoms. The van der Waals surface area contributed by atoms with E-state index in [-0.39, 0.29) is 11.8 Å². The average Bonchev–Trinajstić information content (AvgIpc) is 3.14. The van der Waals surface area contributed by atoms with Crippen LogP contribution >= 0.6 is 11.6 Å². The first-order chi connectivity index (χ1) is 14.1. The van der Waals surface area contributed by atoms with Gasteiger partial charge in [0.05, 0.1) is 11.6 Å². The van der Waals surface area contributed by atoms with E-state index in [9.17, 15) is 4.79 Å². The minimum Gasteiger partial charge on any atom is -0.493 e. The summed E-state index contributed by atoms with van der Waals surface area (Å²) in [4.78, 5) is 19.2. The summed E-state index contributed by atoms with van der Waals surface area (Å²) in [6.45, 7) is 3.66. The zero-order chi connectivity index (χ0) is 20.2. The van der Waals surface area contributed by atoms with Crippen LogP contribution in [-0.2, 0) is 0 Å². The molecular formula is C22H22ClN3O3. The Morgan fingerprint density at radius 2 is 2.07 bits per heavy atom. The second-order valence-corrected chi connectivity index (χ2v) is 7.60. The largest absolute Gasteiger partial charge is 0.493 e. The fraction of sp³-hybridized carbons (Fsp3) is 0.318. The number of likely N-dealkylation sites (tertiary alicyclic amines) is 1. The van der Waals surface area contributed by atoms with Crippen LogP contribution in [0.4, 0.5) is 0 Å². The topological polar surface area (TPSA) is 68.5 Å². The molecule has 1 aliphatic rings. The van der Waals surface area contributed by atoms with E-state index in [1.54, 1.807) is 25.4 Å². The van der Waals surface area contributed by atoms with Gasteiger partial charge in [0.1, 0.15) is 22.8 Å². The van der Waals surface area contributed by atoms with E-state index in [1.165, 1.54) is 0 Å². The van der Waals surface area contributed by atoms with E-state index < -0.39 is 0 Å². The van der Waals surface area contributed by atoms with Crippen LogP contribution in [0.3, 0.4) is 0 Å². The molecule has 4 rings (SSSR count). The van der Waals surface area contributed by atoms with Gasteiger partial charge in [0, 0.05) is 37.0 Å². The molecule has 6 nitrogen and oxygen atoms in total. The van der Waals surface area contributed by atoms with E-state index in [0.29, 0.717) is 47.3 Å². The van der Waals surface area contributed by atoms with Crippen molar-refractivity contribution in [3.63, 3.8) is 0 Å². The predicted molar refractivity (Wildman–Crippen MR) is 110 cm³/mol. The van der Waals surface area contributed by atoms with Crippen LogP contribution < -0.4 is 4.74 Å². The Balaban J connectivity index is 1.50. The van der Waals surface area contributed by atoms with Crippen LogP contribution in [0.15, 0.2) is 53.3 Å². The van der Waals surface area contributed by atoms with Gasteiger partial charge >= 0.3 is 0 Å². The van der Waals surface area contributed by atoms with E-state index in [0.717, 1.165) is 18.6 Å². The second-order valence-electron chi connectivity index (χ2n) is 7.20. The normalized spacial score (nSPS) is 16.6. The molecule has 1 aromatic carbocycles. The highest BCUT2D eigenvalue weighted by Crippen LogP contribution is 2.32. The van der Waals surface area contributed by atoms with Crippen molar-refractivity contribution >= 4 is 17.5 Å². The monoisotopic (exact) mass is 411 g/mol. The summed E-state index contributed by atoms with van der Waals surface area (Å²) < 4.78 is 11.2. The number of carbonyl (C=O) groups excluding carboxylic acids is 1. The third-order valence-electron chi connectivity index (χ3n) is 5.15. The Morgan fingerprint density at radius 3 is 2.86 bits per heavy atom. The Labute approximate surface area is 174 Å². The highest BCUT2D eigenvalue weighted by Gasteiger charge is 2.30. The lowest BCUT2D eigenvalue weighted by Crippen LogP contribution is -2.41. The quantitative estimate of drug-likeness (QED) is 0.612. The fourth-order valence-electron chi connectivity index (χ4n) is 3.65. The lowest BCUT2D eigenvalue weighted by Gasteiger charge is -2.32. The van der Waals surface area contributed by atoms with E-state index in [2.05, 4.69) is 10.1 Å². The maximum Gasteiger partial charge on any atom is 0.259 e. The first-order valence-electron chi connectivity index (χ1n) is 9.66. The molecule has 1 fully saturated rings. The highest BCUT2D eigenvalue weighted by molar-refractivity contribution is 6.33. The minimum absolute atomic E-state index is 0.0766. The van der Waals surface area contributed by atoms with Crippen molar-refractivity contribution in [3.8, 4) is 17.0 Å². The number of nitrogens with zero attached hydrogens (tertiary/aromatic N) is 3. The number of halogens is 1. The molecule has 0 aliphatic carbocycles. The zero-order valence-corrected chi connectivity index (χ0v) is 16.9. The second kappa shape index (κ2) is 8.66. The third kappa shape index (κ3) is 4.27. The number of ether oxygens (including phenoxy) is 1. The molecule has 0 N–H and O–H groups in total. The van der Waals surface area contributed by atoms with Crippen LogP contribution in [0.25, 0.3) is 11.3 Å². The van der Waals surface area contributed by atoms with Gasteiger partial charge in [0.25, 0.3) is 5.91 Å². The number of aryl methyl sites for hydroxylation is 1. The maximum atomic E-state index is 13.3. The van der Waals surface area contributed by atoms with Crippen molar-refractivity contribution in [2.45, 2.75) is 19.8 Å². The molecule has 1 aliphatic heterocycles. The summed E-state index contributed by atoms with van der Waals surface area (Å²) >= 11 is 6.33. The van der Waals surface area contributed by atoms with Gasteiger partial charge in [-0.3, -0.25) is 9.78 Å². The van der Waals surface area contributed by atoms with Crippen LogP contribution in [0, 0.1) is 12.8 Å². The zero-order valence-electron chi connectivity index (χ0n) is 16.2. The van der Waals surface area contributed by atoms with Crippen molar-refractivity contribution in [3.05, 3.63) is 65.1 Å². The molecular weight excluding hydrogens is 390 g/mol. The smallest absolute Gasteiger partial charge is 0.259 e. The van der Waals surface area contributed by atoms with Gasteiger partial charge < -0.3 is 14.2 Å². The lowest BCUT2D eigenvalue weighted by molar-refractivity contribution is 0.0632. The number of amides is 1. The van der Waals surface area contributed by atoms with Gasteiger partial charge in [-0.25, -0.2) is 0 Å². The van der Waals surface area contributed by atoms with Gasteiger partial charge in [0.2, 0.25) is 0 Å². The number of piperidine rings is 1. The lowest BCUT2D eigenvalue weighted by atomic mass is 9.97. The first-order valence-corrected chi connectivity index (χ1v) is 10.0. The minimum atomic E-state index is -0.0766. The summed E-state index contributed by atoms with van der Waals surface area (Å²) in [5, 5.41) is 4.66. The number of carbonyl (C=O) groups is 1. The average molecular weight is 412 g/mol. The Bertz CT molecular complexity index is 990. The van der Waals surface area contributed by atoms with Crippen molar-refractivity contribution in [2.24, 2.45) is 5.92 Å². The van der Waals surface area contributed by atoms with E-state index in [4.69, 9.17) is 20.9 Å². The van der Waals surface area contributed by atoms with Crippen molar-refractivity contribution in [2.75, 3.05) is 19.7 Å². The summed E-state index contributed by atoms with van der Waals surface area (Å²) in [6, 6.07) is 11.0. The molecule has 2 aromatic heterocycles. The number of pyridine rings is 1. The Kier molecular flexibility index (Phi) is 5.81. The molecule has 7 heteroatoms. The summed E-state index contributed by atoms with van der Waals surface area (Å²) in [5.74, 6) is 1.48. The molecule has 0 spiro atoms.